The van der Waals surface area contributed by atoms with E-state index in [0.717, 1.165) is 16.7 Å². The number of carboxylic acid groups (broad SMARTS) is 1. The lowest BCUT2D eigenvalue weighted by Gasteiger charge is -2.21. The minimum atomic E-state index is -4.66. The van der Waals surface area contributed by atoms with E-state index in [2.05, 4.69) is 5.32 Å². The van der Waals surface area contributed by atoms with E-state index in [1.807, 2.05) is 32.0 Å². The predicted molar refractivity (Wildman–Crippen MR) is 77.1 cm³/mol. The first kappa shape index (κ1) is 17.3. The molecule has 0 spiro atoms. The lowest BCUT2D eigenvalue weighted by Crippen LogP contribution is -2.47. The third-order valence-electron chi connectivity index (χ3n) is 4.00. The molecule has 1 atom stereocenters. The number of alkyl halides is 3. The van der Waals surface area contributed by atoms with Gasteiger partial charge in [0.1, 0.15) is 6.04 Å². The highest BCUT2D eigenvalue weighted by Gasteiger charge is 2.52. The summed E-state index contributed by atoms with van der Waals surface area (Å²) in [5.41, 5.74) is 1.72. The number of aliphatic carboxylic acids is 1. The van der Waals surface area contributed by atoms with Crippen LogP contribution in [0.5, 0.6) is 0 Å². The number of carboxylic acids is 1. The molecule has 0 aromatic heterocycles. The largest absolute Gasteiger partial charge is 0.480 e. The molecule has 1 saturated carbocycles. The Hall–Kier alpha value is -2.05. The molecule has 126 valence electrons. The third kappa shape index (κ3) is 4.03. The van der Waals surface area contributed by atoms with Crippen molar-refractivity contribution in [3.63, 3.8) is 0 Å². The van der Waals surface area contributed by atoms with Crippen molar-refractivity contribution in [2.75, 3.05) is 0 Å². The smallest absolute Gasteiger partial charge is 0.391 e. The summed E-state index contributed by atoms with van der Waals surface area (Å²) < 4.78 is 37.3. The van der Waals surface area contributed by atoms with Crippen molar-refractivity contribution in [2.24, 2.45) is 0 Å². The van der Waals surface area contributed by atoms with Gasteiger partial charge in [-0.2, -0.15) is 13.2 Å². The van der Waals surface area contributed by atoms with Gasteiger partial charge in [-0.25, -0.2) is 4.79 Å². The highest BCUT2D eigenvalue weighted by Crippen LogP contribution is 2.49. The van der Waals surface area contributed by atoms with Crippen LogP contribution in [0.2, 0.25) is 0 Å². The molecule has 23 heavy (non-hydrogen) atoms. The molecule has 2 N–H and O–H groups in total. The molecule has 1 aromatic carbocycles. The number of hydrogen-bond acceptors (Lipinski definition) is 2. The van der Waals surface area contributed by atoms with Gasteiger partial charge in [-0.05, 0) is 32.3 Å². The molecule has 0 radical (unpaired) electrons. The highest BCUT2D eigenvalue weighted by atomic mass is 19.4. The second-order valence-electron chi connectivity index (χ2n) is 6.14. The van der Waals surface area contributed by atoms with E-state index >= 15 is 0 Å². The zero-order valence-corrected chi connectivity index (χ0v) is 12.8. The fourth-order valence-corrected chi connectivity index (χ4v) is 2.75. The van der Waals surface area contributed by atoms with Crippen LogP contribution < -0.4 is 5.32 Å². The van der Waals surface area contributed by atoms with Crippen LogP contribution in [0, 0.1) is 13.8 Å². The molecule has 1 aliphatic carbocycles. The molecule has 1 fully saturated rings. The molecule has 1 unspecified atom stereocenters. The van der Waals surface area contributed by atoms with E-state index in [4.69, 9.17) is 5.11 Å². The molecule has 0 heterocycles. The fraction of sp³-hybridized carbons (Fsp3) is 0.500. The van der Waals surface area contributed by atoms with Gasteiger partial charge >= 0.3 is 12.1 Å². The van der Waals surface area contributed by atoms with Gasteiger partial charge in [0.2, 0.25) is 5.91 Å². The summed E-state index contributed by atoms with van der Waals surface area (Å²) in [6.07, 6.45) is -5.25. The number of aryl methyl sites for hydroxylation is 2. The zero-order valence-electron chi connectivity index (χ0n) is 12.8. The van der Waals surface area contributed by atoms with Crippen LogP contribution in [0.15, 0.2) is 18.2 Å². The second kappa shape index (κ2) is 5.86. The summed E-state index contributed by atoms with van der Waals surface area (Å²) in [6.45, 7) is 3.74. The number of halogens is 3. The quantitative estimate of drug-likeness (QED) is 0.873. The number of hydrogen-bond donors (Lipinski definition) is 2. The van der Waals surface area contributed by atoms with Crippen molar-refractivity contribution in [3.05, 3.63) is 34.9 Å². The van der Waals surface area contributed by atoms with Crippen LogP contribution in [0.4, 0.5) is 13.2 Å². The first-order chi connectivity index (χ1) is 10.5. The Bertz CT molecular complexity index is 616. The topological polar surface area (TPSA) is 66.4 Å². The van der Waals surface area contributed by atoms with Gasteiger partial charge in [-0.15, -0.1) is 0 Å². The van der Waals surface area contributed by atoms with E-state index < -0.39 is 35.9 Å². The molecule has 2 rings (SSSR count). The Morgan fingerprint density at radius 2 is 1.74 bits per heavy atom. The van der Waals surface area contributed by atoms with Crippen molar-refractivity contribution in [2.45, 2.75) is 50.7 Å². The maximum atomic E-state index is 12.4. The number of carbonyl (C=O) groups excluding carboxylic acids is 1. The Kier molecular flexibility index (Phi) is 4.41. The second-order valence-corrected chi connectivity index (χ2v) is 6.14. The van der Waals surface area contributed by atoms with E-state index in [1.54, 1.807) is 0 Å². The highest BCUT2D eigenvalue weighted by molar-refractivity contribution is 5.94. The van der Waals surface area contributed by atoms with Crippen LogP contribution in [0.3, 0.4) is 0 Å². The molecule has 7 heteroatoms. The Morgan fingerprint density at radius 3 is 2.13 bits per heavy atom. The normalized spacial score (nSPS) is 17.4. The van der Waals surface area contributed by atoms with Crippen molar-refractivity contribution < 1.29 is 27.9 Å². The molecule has 0 bridgehead atoms. The summed E-state index contributed by atoms with van der Waals surface area (Å²) >= 11 is 0. The van der Waals surface area contributed by atoms with Gasteiger partial charge in [-0.1, -0.05) is 29.3 Å². The Morgan fingerprint density at radius 1 is 1.22 bits per heavy atom. The van der Waals surface area contributed by atoms with Crippen LogP contribution >= 0.6 is 0 Å². The standard InChI is InChI=1S/C16H18F3NO3/c1-9-5-10(2)7-11(6-9)15(3-4-15)14(23)20-12(13(21)22)8-16(17,18)19/h5-7,12H,3-4,8H2,1-2H3,(H,20,23)(H,21,22). The van der Waals surface area contributed by atoms with Crippen LogP contribution in [0.1, 0.15) is 36.0 Å². The zero-order chi connectivity index (χ0) is 17.4. The maximum Gasteiger partial charge on any atom is 0.391 e. The van der Waals surface area contributed by atoms with Crippen molar-refractivity contribution >= 4 is 11.9 Å². The Balaban J connectivity index is 2.20. The first-order valence-electron chi connectivity index (χ1n) is 7.23. The van der Waals surface area contributed by atoms with Gasteiger partial charge in [0.15, 0.2) is 0 Å². The number of nitrogens with one attached hydrogen (secondary N) is 1. The lowest BCUT2D eigenvalue weighted by atomic mass is 9.91. The average Bonchev–Trinajstić information content (AvgIpc) is 3.16. The molecular formula is C16H18F3NO3. The minimum Gasteiger partial charge on any atom is -0.480 e. The predicted octanol–water partition coefficient (Wildman–Crippen LogP) is 2.86. The fourth-order valence-electron chi connectivity index (χ4n) is 2.75. The summed E-state index contributed by atoms with van der Waals surface area (Å²) in [7, 11) is 0. The van der Waals surface area contributed by atoms with E-state index in [1.165, 1.54) is 0 Å². The number of amides is 1. The van der Waals surface area contributed by atoms with Crippen molar-refractivity contribution in [1.82, 2.24) is 5.32 Å². The molecule has 1 aliphatic rings. The number of carbonyl (C=O) groups is 2. The first-order valence-corrected chi connectivity index (χ1v) is 7.23. The third-order valence-corrected chi connectivity index (χ3v) is 4.00. The molecule has 4 nitrogen and oxygen atoms in total. The van der Waals surface area contributed by atoms with Gasteiger partial charge < -0.3 is 10.4 Å². The van der Waals surface area contributed by atoms with Gasteiger partial charge in [0.05, 0.1) is 11.8 Å². The number of benzene rings is 1. The average molecular weight is 329 g/mol. The monoisotopic (exact) mass is 329 g/mol. The SMILES string of the molecule is Cc1cc(C)cc(C2(C(=O)NC(CC(F)(F)F)C(=O)O)CC2)c1. The van der Waals surface area contributed by atoms with Gasteiger partial charge in [0.25, 0.3) is 0 Å². The van der Waals surface area contributed by atoms with Crippen LogP contribution in [-0.4, -0.2) is 29.2 Å². The van der Waals surface area contributed by atoms with E-state index in [-0.39, 0.29) is 0 Å². The van der Waals surface area contributed by atoms with Gasteiger partial charge in [0, 0.05) is 0 Å². The van der Waals surface area contributed by atoms with E-state index in [9.17, 15) is 22.8 Å². The summed E-state index contributed by atoms with van der Waals surface area (Å²) in [5, 5.41) is 11.0. The van der Waals surface area contributed by atoms with Crippen LogP contribution in [0.25, 0.3) is 0 Å². The van der Waals surface area contributed by atoms with E-state index in [0.29, 0.717) is 12.8 Å². The van der Waals surface area contributed by atoms with Gasteiger partial charge in [-0.3, -0.25) is 4.79 Å². The molecule has 0 saturated heterocycles. The maximum absolute atomic E-state index is 12.4. The molecular weight excluding hydrogens is 311 g/mol. The minimum absolute atomic E-state index is 0.500. The summed E-state index contributed by atoms with van der Waals surface area (Å²) in [6, 6.07) is 3.60. The van der Waals surface area contributed by atoms with Crippen molar-refractivity contribution in [3.8, 4) is 0 Å². The number of rotatable bonds is 5. The molecule has 1 aromatic rings. The molecule has 0 aliphatic heterocycles. The molecule has 1 amide bonds. The summed E-state index contributed by atoms with van der Waals surface area (Å²) in [4.78, 5) is 23.4. The lowest BCUT2D eigenvalue weighted by molar-refractivity contribution is -0.160. The summed E-state index contributed by atoms with van der Waals surface area (Å²) in [5.74, 6) is -2.34. The Labute approximate surface area is 131 Å². The van der Waals surface area contributed by atoms with Crippen LogP contribution in [-0.2, 0) is 15.0 Å². The van der Waals surface area contributed by atoms with Crippen molar-refractivity contribution in [1.29, 1.82) is 0 Å².